The van der Waals surface area contributed by atoms with Crippen LogP contribution in [0.4, 0.5) is 10.1 Å². The molecule has 14 heavy (non-hydrogen) atoms. The molecule has 0 amide bonds. The Morgan fingerprint density at radius 3 is 2.86 bits per heavy atom. The van der Waals surface area contributed by atoms with E-state index in [4.69, 9.17) is 16.3 Å². The van der Waals surface area contributed by atoms with E-state index in [1.54, 1.807) is 12.1 Å². The van der Waals surface area contributed by atoms with Crippen LogP contribution in [0.1, 0.15) is 6.92 Å². The first-order valence-electron chi connectivity index (χ1n) is 4.50. The predicted molar refractivity (Wildman–Crippen MR) is 56.8 cm³/mol. The van der Waals surface area contributed by atoms with Gasteiger partial charge in [0.1, 0.15) is 0 Å². The minimum Gasteiger partial charge on any atom is -0.491 e. The Hall–Kier alpha value is -0.960. The average molecular weight is 218 g/mol. The molecular weight excluding hydrogens is 205 g/mol. The lowest BCUT2D eigenvalue weighted by Crippen LogP contribution is -2.03. The molecule has 0 unspecified atom stereocenters. The first-order valence-corrected chi connectivity index (χ1v) is 5.03. The van der Waals surface area contributed by atoms with Crippen molar-refractivity contribution < 1.29 is 9.13 Å². The maximum absolute atomic E-state index is 13.3. The summed E-state index contributed by atoms with van der Waals surface area (Å²) in [6.45, 7) is 2.90. The van der Waals surface area contributed by atoms with Crippen LogP contribution in [0.15, 0.2) is 18.2 Å². The van der Waals surface area contributed by atoms with Crippen LogP contribution in [0.25, 0.3) is 0 Å². The Labute approximate surface area is 88.0 Å². The zero-order valence-corrected chi connectivity index (χ0v) is 8.77. The van der Waals surface area contributed by atoms with Crippen molar-refractivity contribution in [2.75, 3.05) is 24.3 Å². The van der Waals surface area contributed by atoms with Gasteiger partial charge >= 0.3 is 0 Å². The Kier molecular flexibility index (Phi) is 4.53. The number of hydrogen-bond acceptors (Lipinski definition) is 2. The zero-order chi connectivity index (χ0) is 10.4. The standard InChI is InChI=1S/C10H13ClFNO/c1-2-14-10-4-3-8(7-9(10)12)13-6-5-11/h3-4,7,13H,2,5-6H2,1H3. The van der Waals surface area contributed by atoms with Gasteiger partial charge in [0.25, 0.3) is 0 Å². The van der Waals surface area contributed by atoms with Crippen LogP contribution in [0.3, 0.4) is 0 Å². The third-order valence-corrected chi connectivity index (χ3v) is 1.84. The lowest BCUT2D eigenvalue weighted by molar-refractivity contribution is 0.321. The smallest absolute Gasteiger partial charge is 0.167 e. The molecule has 0 bridgehead atoms. The van der Waals surface area contributed by atoms with Gasteiger partial charge in [0, 0.05) is 24.2 Å². The lowest BCUT2D eigenvalue weighted by atomic mass is 10.3. The van der Waals surface area contributed by atoms with Gasteiger partial charge in [-0.25, -0.2) is 4.39 Å². The van der Waals surface area contributed by atoms with E-state index in [1.165, 1.54) is 6.07 Å². The van der Waals surface area contributed by atoms with Crippen LogP contribution >= 0.6 is 11.6 Å². The fraction of sp³-hybridized carbons (Fsp3) is 0.400. The van der Waals surface area contributed by atoms with Crippen molar-refractivity contribution in [3.05, 3.63) is 24.0 Å². The highest BCUT2D eigenvalue weighted by atomic mass is 35.5. The molecular formula is C10H13ClFNO. The van der Waals surface area contributed by atoms with Crippen molar-refractivity contribution in [2.45, 2.75) is 6.92 Å². The van der Waals surface area contributed by atoms with Gasteiger partial charge in [-0.3, -0.25) is 0 Å². The van der Waals surface area contributed by atoms with Crippen molar-refractivity contribution in [1.82, 2.24) is 0 Å². The Bertz CT molecular complexity index is 293. The van der Waals surface area contributed by atoms with Gasteiger partial charge in [0.15, 0.2) is 11.6 Å². The number of hydrogen-bond donors (Lipinski definition) is 1. The van der Waals surface area contributed by atoms with Crippen LogP contribution in [0, 0.1) is 5.82 Å². The first-order chi connectivity index (χ1) is 6.77. The van der Waals surface area contributed by atoms with Gasteiger partial charge in [-0.15, -0.1) is 11.6 Å². The summed E-state index contributed by atoms with van der Waals surface area (Å²) >= 11 is 5.49. The molecule has 0 saturated heterocycles. The molecule has 0 aromatic heterocycles. The number of halogens is 2. The van der Waals surface area contributed by atoms with Crippen molar-refractivity contribution in [2.24, 2.45) is 0 Å². The molecule has 0 spiro atoms. The molecule has 2 nitrogen and oxygen atoms in total. The van der Waals surface area contributed by atoms with Crippen LogP contribution in [0.2, 0.25) is 0 Å². The van der Waals surface area contributed by atoms with E-state index in [2.05, 4.69) is 5.32 Å². The summed E-state index contributed by atoms with van der Waals surface area (Å²) in [5.74, 6) is 0.421. The zero-order valence-electron chi connectivity index (χ0n) is 8.02. The molecule has 78 valence electrons. The summed E-state index contributed by atoms with van der Waals surface area (Å²) in [5.41, 5.74) is 0.714. The Morgan fingerprint density at radius 1 is 1.50 bits per heavy atom. The highest BCUT2D eigenvalue weighted by Gasteiger charge is 2.03. The maximum atomic E-state index is 13.3. The van der Waals surface area contributed by atoms with E-state index in [9.17, 15) is 4.39 Å². The van der Waals surface area contributed by atoms with Gasteiger partial charge in [-0.1, -0.05) is 0 Å². The van der Waals surface area contributed by atoms with E-state index in [0.29, 0.717) is 24.7 Å². The van der Waals surface area contributed by atoms with Crippen molar-refractivity contribution in [1.29, 1.82) is 0 Å². The third kappa shape index (κ3) is 3.07. The van der Waals surface area contributed by atoms with Gasteiger partial charge in [0.2, 0.25) is 0 Å². The summed E-state index contributed by atoms with van der Waals surface area (Å²) in [6, 6.07) is 4.77. The van der Waals surface area contributed by atoms with Crippen molar-refractivity contribution in [3.63, 3.8) is 0 Å². The second-order valence-electron chi connectivity index (χ2n) is 2.69. The number of anilines is 1. The molecule has 0 heterocycles. The van der Waals surface area contributed by atoms with Gasteiger partial charge in [-0.05, 0) is 19.1 Å². The van der Waals surface area contributed by atoms with E-state index >= 15 is 0 Å². The Morgan fingerprint density at radius 2 is 2.29 bits per heavy atom. The van der Waals surface area contributed by atoms with Crippen molar-refractivity contribution >= 4 is 17.3 Å². The fourth-order valence-corrected chi connectivity index (χ4v) is 1.17. The molecule has 0 atom stereocenters. The molecule has 1 aromatic carbocycles. The number of ether oxygens (including phenoxy) is 1. The summed E-state index contributed by atoms with van der Waals surface area (Å²) < 4.78 is 18.3. The molecule has 1 N–H and O–H groups in total. The van der Waals surface area contributed by atoms with Crippen LogP contribution in [0.5, 0.6) is 5.75 Å². The summed E-state index contributed by atoms with van der Waals surface area (Å²) in [6.07, 6.45) is 0. The van der Waals surface area contributed by atoms with Crippen LogP contribution in [-0.2, 0) is 0 Å². The molecule has 1 rings (SSSR count). The minimum atomic E-state index is -0.355. The maximum Gasteiger partial charge on any atom is 0.167 e. The molecule has 0 saturated carbocycles. The quantitative estimate of drug-likeness (QED) is 0.766. The monoisotopic (exact) mass is 217 g/mol. The molecule has 0 aliphatic rings. The molecule has 1 aromatic rings. The minimum absolute atomic E-state index is 0.281. The van der Waals surface area contributed by atoms with Crippen LogP contribution < -0.4 is 10.1 Å². The molecule has 0 aliphatic carbocycles. The van der Waals surface area contributed by atoms with Crippen LogP contribution in [-0.4, -0.2) is 19.0 Å². The summed E-state index contributed by atoms with van der Waals surface area (Å²) in [7, 11) is 0. The lowest BCUT2D eigenvalue weighted by Gasteiger charge is -2.07. The van der Waals surface area contributed by atoms with E-state index in [-0.39, 0.29) is 11.6 Å². The molecule has 0 fully saturated rings. The predicted octanol–water partition coefficient (Wildman–Crippen LogP) is 2.88. The largest absolute Gasteiger partial charge is 0.491 e. The molecule has 0 radical (unpaired) electrons. The number of nitrogens with one attached hydrogen (secondary N) is 1. The van der Waals surface area contributed by atoms with Gasteiger partial charge in [-0.2, -0.15) is 0 Å². The topological polar surface area (TPSA) is 21.3 Å². The average Bonchev–Trinajstić information content (AvgIpc) is 2.19. The SMILES string of the molecule is CCOc1ccc(NCCCl)cc1F. The number of alkyl halides is 1. The molecule has 0 aliphatic heterocycles. The summed E-state index contributed by atoms with van der Waals surface area (Å²) in [4.78, 5) is 0. The third-order valence-electron chi connectivity index (χ3n) is 1.66. The number of rotatable bonds is 5. The first kappa shape index (κ1) is 11.1. The van der Waals surface area contributed by atoms with Crippen molar-refractivity contribution in [3.8, 4) is 5.75 Å². The normalized spacial score (nSPS) is 9.93. The Balaban J connectivity index is 2.68. The number of benzene rings is 1. The second kappa shape index (κ2) is 5.70. The van der Waals surface area contributed by atoms with E-state index in [1.807, 2.05) is 6.92 Å². The summed E-state index contributed by atoms with van der Waals surface area (Å²) in [5, 5.41) is 2.98. The van der Waals surface area contributed by atoms with Gasteiger partial charge < -0.3 is 10.1 Å². The highest BCUT2D eigenvalue weighted by Crippen LogP contribution is 2.20. The van der Waals surface area contributed by atoms with Gasteiger partial charge in [0.05, 0.1) is 6.61 Å². The highest BCUT2D eigenvalue weighted by molar-refractivity contribution is 6.18. The molecule has 4 heteroatoms. The van der Waals surface area contributed by atoms with E-state index in [0.717, 1.165) is 0 Å². The fourth-order valence-electron chi connectivity index (χ4n) is 1.07. The second-order valence-corrected chi connectivity index (χ2v) is 3.07. The van der Waals surface area contributed by atoms with E-state index < -0.39 is 0 Å².